The van der Waals surface area contributed by atoms with Crippen molar-refractivity contribution < 1.29 is 17.9 Å². The molecule has 0 saturated carbocycles. The van der Waals surface area contributed by atoms with Gasteiger partial charge in [0, 0.05) is 5.69 Å². The number of amides is 1. The fraction of sp³-hybridized carbons (Fsp3) is 0.273. The number of sulfone groups is 1. The Bertz CT molecular complexity index is 1170. The molecule has 30 heavy (non-hydrogen) atoms. The second kappa shape index (κ2) is 7.95. The highest BCUT2D eigenvalue weighted by atomic mass is 32.2. The van der Waals surface area contributed by atoms with Gasteiger partial charge in [0.25, 0.3) is 5.91 Å². The first-order valence-electron chi connectivity index (χ1n) is 9.67. The van der Waals surface area contributed by atoms with E-state index in [0.29, 0.717) is 17.9 Å². The van der Waals surface area contributed by atoms with Crippen LogP contribution in [-0.4, -0.2) is 42.7 Å². The Morgan fingerprint density at radius 2 is 1.83 bits per heavy atom. The van der Waals surface area contributed by atoms with Gasteiger partial charge in [0.15, 0.2) is 15.5 Å². The van der Waals surface area contributed by atoms with Crippen LogP contribution in [0.5, 0.6) is 5.75 Å². The normalized spacial score (nSPS) is 17.6. The summed E-state index contributed by atoms with van der Waals surface area (Å²) in [6.07, 6.45) is 0.489. The number of aromatic nitrogens is 2. The van der Waals surface area contributed by atoms with Crippen molar-refractivity contribution in [1.29, 1.82) is 0 Å². The van der Waals surface area contributed by atoms with E-state index in [1.165, 1.54) is 0 Å². The zero-order valence-corrected chi connectivity index (χ0v) is 17.6. The molecule has 4 rings (SSSR count). The van der Waals surface area contributed by atoms with Crippen molar-refractivity contribution >= 4 is 21.4 Å². The van der Waals surface area contributed by atoms with Gasteiger partial charge in [0.05, 0.1) is 30.4 Å². The van der Waals surface area contributed by atoms with Crippen LogP contribution < -0.4 is 10.1 Å². The Kier molecular flexibility index (Phi) is 5.34. The molecule has 1 amide bonds. The van der Waals surface area contributed by atoms with Gasteiger partial charge >= 0.3 is 0 Å². The SMILES string of the molecule is COc1ccc(NC(=O)c2cc(-c3ccc(C)cc3)n([C@H]3CCS(=O)(=O)C3)n2)cc1. The first-order chi connectivity index (χ1) is 14.3. The van der Waals surface area contributed by atoms with Crippen molar-refractivity contribution in [1.82, 2.24) is 9.78 Å². The number of rotatable bonds is 5. The molecular formula is C22H23N3O4S. The van der Waals surface area contributed by atoms with Crippen LogP contribution in [0.4, 0.5) is 5.69 Å². The molecule has 1 aliphatic rings. The first kappa shape index (κ1) is 20.2. The third-order valence-corrected chi connectivity index (χ3v) is 6.97. The molecule has 8 heteroatoms. The number of hydrogen-bond donors (Lipinski definition) is 1. The van der Waals surface area contributed by atoms with Crippen LogP contribution in [0.3, 0.4) is 0 Å². The molecule has 0 radical (unpaired) electrons. The molecule has 0 aliphatic carbocycles. The Labute approximate surface area is 175 Å². The lowest BCUT2D eigenvalue weighted by Crippen LogP contribution is -2.16. The average molecular weight is 426 g/mol. The minimum absolute atomic E-state index is 0.0348. The number of nitrogens with one attached hydrogen (secondary N) is 1. The predicted octanol–water partition coefficient (Wildman–Crippen LogP) is 3.48. The minimum Gasteiger partial charge on any atom is -0.497 e. The lowest BCUT2D eigenvalue weighted by Gasteiger charge is -2.13. The number of aryl methyl sites for hydroxylation is 1. The van der Waals surface area contributed by atoms with E-state index in [-0.39, 0.29) is 29.1 Å². The van der Waals surface area contributed by atoms with Crippen LogP contribution in [0, 0.1) is 6.92 Å². The lowest BCUT2D eigenvalue weighted by molar-refractivity contribution is 0.102. The summed E-state index contributed by atoms with van der Waals surface area (Å²) in [5.41, 5.74) is 3.60. The first-order valence-corrected chi connectivity index (χ1v) is 11.5. The zero-order chi connectivity index (χ0) is 21.3. The quantitative estimate of drug-likeness (QED) is 0.676. The zero-order valence-electron chi connectivity index (χ0n) is 16.8. The van der Waals surface area contributed by atoms with Gasteiger partial charge in [-0.1, -0.05) is 29.8 Å². The summed E-state index contributed by atoms with van der Waals surface area (Å²) >= 11 is 0. The molecule has 3 aromatic rings. The number of methoxy groups -OCH3 is 1. The van der Waals surface area contributed by atoms with E-state index in [9.17, 15) is 13.2 Å². The summed E-state index contributed by atoms with van der Waals surface area (Å²) < 4.78 is 30.8. The summed E-state index contributed by atoms with van der Waals surface area (Å²) in [5.74, 6) is 0.514. The summed E-state index contributed by atoms with van der Waals surface area (Å²) in [5, 5.41) is 7.33. The van der Waals surface area contributed by atoms with E-state index in [1.54, 1.807) is 42.1 Å². The highest BCUT2D eigenvalue weighted by molar-refractivity contribution is 7.91. The summed E-state index contributed by atoms with van der Waals surface area (Å²) in [4.78, 5) is 12.8. The molecule has 1 atom stereocenters. The van der Waals surface area contributed by atoms with E-state index < -0.39 is 9.84 Å². The van der Waals surface area contributed by atoms with Crippen LogP contribution in [0.25, 0.3) is 11.3 Å². The third kappa shape index (κ3) is 4.23. The van der Waals surface area contributed by atoms with Gasteiger partial charge in [-0.05, 0) is 49.2 Å². The molecule has 0 spiro atoms. The minimum atomic E-state index is -3.09. The highest BCUT2D eigenvalue weighted by Gasteiger charge is 2.32. The van der Waals surface area contributed by atoms with Crippen LogP contribution in [0.2, 0.25) is 0 Å². The Morgan fingerprint density at radius 3 is 2.43 bits per heavy atom. The highest BCUT2D eigenvalue weighted by Crippen LogP contribution is 2.30. The van der Waals surface area contributed by atoms with Gasteiger partial charge in [-0.25, -0.2) is 8.42 Å². The second-order valence-corrected chi connectivity index (χ2v) is 9.69. The maximum absolute atomic E-state index is 12.8. The maximum Gasteiger partial charge on any atom is 0.276 e. The predicted molar refractivity (Wildman–Crippen MR) is 116 cm³/mol. The number of nitrogens with zero attached hydrogens (tertiary/aromatic N) is 2. The summed E-state index contributed by atoms with van der Waals surface area (Å²) in [6.45, 7) is 2.00. The number of hydrogen-bond acceptors (Lipinski definition) is 5. The van der Waals surface area contributed by atoms with E-state index in [1.807, 2.05) is 31.2 Å². The van der Waals surface area contributed by atoms with Gasteiger partial charge in [-0.15, -0.1) is 0 Å². The summed E-state index contributed by atoms with van der Waals surface area (Å²) in [6, 6.07) is 16.3. The Balaban J connectivity index is 1.67. The molecule has 7 nitrogen and oxygen atoms in total. The molecule has 0 bridgehead atoms. The van der Waals surface area contributed by atoms with E-state index in [4.69, 9.17) is 4.74 Å². The Hall–Kier alpha value is -3.13. The second-order valence-electron chi connectivity index (χ2n) is 7.46. The Morgan fingerprint density at radius 1 is 1.13 bits per heavy atom. The molecule has 156 valence electrons. The molecule has 1 aromatic heterocycles. The molecule has 2 aromatic carbocycles. The van der Waals surface area contributed by atoms with E-state index in [0.717, 1.165) is 16.8 Å². The molecule has 2 heterocycles. The fourth-order valence-electron chi connectivity index (χ4n) is 3.56. The molecule has 1 saturated heterocycles. The molecule has 1 N–H and O–H groups in total. The monoisotopic (exact) mass is 425 g/mol. The number of carbonyl (C=O) groups is 1. The van der Waals surface area contributed by atoms with E-state index in [2.05, 4.69) is 10.4 Å². The maximum atomic E-state index is 12.8. The number of benzene rings is 2. The topological polar surface area (TPSA) is 90.3 Å². The van der Waals surface area contributed by atoms with Gasteiger partial charge in [-0.3, -0.25) is 9.48 Å². The van der Waals surface area contributed by atoms with Crippen LogP contribution >= 0.6 is 0 Å². The standard InChI is InChI=1S/C22H23N3O4S/c1-15-3-5-16(6-4-15)21-13-20(24-25(21)18-11-12-30(27,28)14-18)22(26)23-17-7-9-19(29-2)10-8-17/h3-10,13,18H,11-12,14H2,1-2H3,(H,23,26)/t18-/m0/s1. The van der Waals surface area contributed by atoms with Gasteiger partial charge in [0.1, 0.15) is 5.75 Å². The smallest absolute Gasteiger partial charge is 0.276 e. The number of carbonyl (C=O) groups excluding carboxylic acids is 1. The van der Waals surface area contributed by atoms with E-state index >= 15 is 0 Å². The lowest BCUT2D eigenvalue weighted by atomic mass is 10.1. The van der Waals surface area contributed by atoms with Crippen LogP contribution in [0.1, 0.15) is 28.5 Å². The molecular weight excluding hydrogens is 402 g/mol. The van der Waals surface area contributed by atoms with Crippen molar-refractivity contribution in [3.8, 4) is 17.0 Å². The van der Waals surface area contributed by atoms with Crippen LogP contribution in [-0.2, 0) is 9.84 Å². The van der Waals surface area contributed by atoms with Gasteiger partial charge in [0.2, 0.25) is 0 Å². The average Bonchev–Trinajstić information content (AvgIpc) is 3.32. The van der Waals surface area contributed by atoms with Gasteiger partial charge < -0.3 is 10.1 Å². The molecule has 0 unspecified atom stereocenters. The largest absolute Gasteiger partial charge is 0.497 e. The molecule has 1 fully saturated rings. The third-order valence-electron chi connectivity index (χ3n) is 5.22. The van der Waals surface area contributed by atoms with Gasteiger partial charge in [-0.2, -0.15) is 5.10 Å². The van der Waals surface area contributed by atoms with Crippen molar-refractivity contribution in [3.63, 3.8) is 0 Å². The summed E-state index contributed by atoms with van der Waals surface area (Å²) in [7, 11) is -1.51. The number of anilines is 1. The van der Waals surface area contributed by atoms with Crippen molar-refractivity contribution in [2.45, 2.75) is 19.4 Å². The van der Waals surface area contributed by atoms with Crippen molar-refractivity contribution in [2.75, 3.05) is 23.9 Å². The number of ether oxygens (including phenoxy) is 1. The van der Waals surface area contributed by atoms with Crippen molar-refractivity contribution in [2.24, 2.45) is 0 Å². The fourth-order valence-corrected chi connectivity index (χ4v) is 5.25. The van der Waals surface area contributed by atoms with Crippen LogP contribution in [0.15, 0.2) is 54.6 Å². The molecule has 1 aliphatic heterocycles. The van der Waals surface area contributed by atoms with Crippen molar-refractivity contribution in [3.05, 3.63) is 65.9 Å².